The van der Waals surface area contributed by atoms with Crippen LogP contribution in [0.5, 0.6) is 0 Å². The SMILES string of the molecule is CNC(N)C(C)=O. The molecule has 1 unspecified atom stereocenters. The first-order valence-corrected chi connectivity index (χ1v) is 2.11. The van der Waals surface area contributed by atoms with E-state index in [1.807, 2.05) is 0 Å². The van der Waals surface area contributed by atoms with Crippen LogP contribution in [-0.4, -0.2) is 19.0 Å². The zero-order valence-corrected chi connectivity index (χ0v) is 4.56. The Labute approximate surface area is 42.9 Å². The van der Waals surface area contributed by atoms with Crippen molar-refractivity contribution >= 4 is 5.78 Å². The zero-order valence-electron chi connectivity index (χ0n) is 4.56. The van der Waals surface area contributed by atoms with Crippen LogP contribution in [0.1, 0.15) is 6.92 Å². The summed E-state index contributed by atoms with van der Waals surface area (Å²) in [4.78, 5) is 10.2. The number of carbonyl (C=O) groups excluding carboxylic acids is 1. The van der Waals surface area contributed by atoms with Gasteiger partial charge in [-0.25, -0.2) is 0 Å². The summed E-state index contributed by atoms with van der Waals surface area (Å²) in [5, 5.41) is 2.59. The lowest BCUT2D eigenvalue weighted by atomic mass is 10.4. The van der Waals surface area contributed by atoms with Gasteiger partial charge >= 0.3 is 0 Å². The van der Waals surface area contributed by atoms with Crippen molar-refractivity contribution in [3.8, 4) is 0 Å². The molecule has 0 aliphatic carbocycles. The Morgan fingerprint density at radius 3 is 2.29 bits per heavy atom. The third-order valence-electron chi connectivity index (χ3n) is 0.749. The van der Waals surface area contributed by atoms with Crippen molar-refractivity contribution in [2.75, 3.05) is 7.05 Å². The maximum atomic E-state index is 10.2. The number of hydrogen-bond acceptors (Lipinski definition) is 3. The molecule has 0 heterocycles. The van der Waals surface area contributed by atoms with Crippen molar-refractivity contribution in [3.63, 3.8) is 0 Å². The predicted octanol–water partition coefficient (Wildman–Crippen LogP) is -0.920. The fourth-order valence-corrected chi connectivity index (χ4v) is 0.203. The van der Waals surface area contributed by atoms with Crippen molar-refractivity contribution in [1.82, 2.24) is 5.32 Å². The zero-order chi connectivity index (χ0) is 5.86. The summed E-state index contributed by atoms with van der Waals surface area (Å²) in [6.45, 7) is 1.45. The molecule has 3 N–H and O–H groups in total. The summed E-state index contributed by atoms with van der Waals surface area (Å²) in [6, 6.07) is 0. The predicted molar refractivity (Wildman–Crippen MR) is 27.7 cm³/mol. The average molecular weight is 102 g/mol. The number of rotatable bonds is 2. The highest BCUT2D eigenvalue weighted by molar-refractivity contribution is 5.80. The van der Waals surface area contributed by atoms with Gasteiger partial charge in [0.25, 0.3) is 0 Å². The summed E-state index contributed by atoms with van der Waals surface area (Å²) in [5.41, 5.74) is 5.16. The summed E-state index contributed by atoms with van der Waals surface area (Å²) >= 11 is 0. The van der Waals surface area contributed by atoms with Gasteiger partial charge in [0.05, 0.1) is 0 Å². The topological polar surface area (TPSA) is 55.1 Å². The number of nitrogens with one attached hydrogen (secondary N) is 1. The maximum absolute atomic E-state index is 10.2. The Morgan fingerprint density at radius 2 is 2.29 bits per heavy atom. The van der Waals surface area contributed by atoms with Crippen molar-refractivity contribution < 1.29 is 4.79 Å². The third-order valence-corrected chi connectivity index (χ3v) is 0.749. The van der Waals surface area contributed by atoms with E-state index >= 15 is 0 Å². The van der Waals surface area contributed by atoms with E-state index in [-0.39, 0.29) is 5.78 Å². The van der Waals surface area contributed by atoms with Crippen molar-refractivity contribution in [2.24, 2.45) is 5.73 Å². The molecule has 0 aliphatic rings. The molecule has 0 fully saturated rings. The highest BCUT2D eigenvalue weighted by Gasteiger charge is 2.00. The van der Waals surface area contributed by atoms with Crippen LogP contribution in [0, 0.1) is 0 Å². The van der Waals surface area contributed by atoms with Crippen LogP contribution in [-0.2, 0) is 4.79 Å². The normalized spacial score (nSPS) is 13.6. The fourth-order valence-electron chi connectivity index (χ4n) is 0.203. The van der Waals surface area contributed by atoms with Gasteiger partial charge in [-0.05, 0) is 14.0 Å². The highest BCUT2D eigenvalue weighted by atomic mass is 16.1. The second-order valence-electron chi connectivity index (χ2n) is 1.38. The van der Waals surface area contributed by atoms with Crippen LogP contribution >= 0.6 is 0 Å². The number of nitrogens with two attached hydrogens (primary N) is 1. The second-order valence-corrected chi connectivity index (χ2v) is 1.38. The smallest absolute Gasteiger partial charge is 0.160 e. The molecule has 3 nitrogen and oxygen atoms in total. The van der Waals surface area contributed by atoms with Gasteiger partial charge in [0, 0.05) is 0 Å². The lowest BCUT2D eigenvalue weighted by molar-refractivity contribution is -0.118. The molecule has 3 heteroatoms. The Hall–Kier alpha value is -0.410. The fraction of sp³-hybridized carbons (Fsp3) is 0.750. The molecule has 0 amide bonds. The molecule has 0 bridgehead atoms. The van der Waals surface area contributed by atoms with E-state index in [9.17, 15) is 4.79 Å². The second kappa shape index (κ2) is 2.71. The van der Waals surface area contributed by atoms with Crippen LogP contribution in [0.3, 0.4) is 0 Å². The molecule has 0 saturated carbocycles. The lowest BCUT2D eigenvalue weighted by Gasteiger charge is -2.01. The monoisotopic (exact) mass is 102 g/mol. The number of hydrogen-bond donors (Lipinski definition) is 2. The van der Waals surface area contributed by atoms with Crippen LogP contribution in [0.4, 0.5) is 0 Å². The van der Waals surface area contributed by atoms with Crippen LogP contribution in [0.15, 0.2) is 0 Å². The first kappa shape index (κ1) is 6.59. The minimum absolute atomic E-state index is 0.0394. The molecule has 0 spiro atoms. The molecule has 0 aromatic rings. The lowest BCUT2D eigenvalue weighted by Crippen LogP contribution is -2.40. The summed E-state index contributed by atoms with van der Waals surface area (Å²) < 4.78 is 0. The van der Waals surface area contributed by atoms with Gasteiger partial charge in [-0.2, -0.15) is 0 Å². The van der Waals surface area contributed by atoms with E-state index < -0.39 is 6.17 Å². The van der Waals surface area contributed by atoms with Gasteiger partial charge < -0.3 is 5.73 Å². The molecule has 7 heavy (non-hydrogen) atoms. The summed E-state index contributed by atoms with van der Waals surface area (Å²) in [5.74, 6) is -0.0394. The van der Waals surface area contributed by atoms with Gasteiger partial charge in [0.15, 0.2) is 5.78 Å². The largest absolute Gasteiger partial charge is 0.310 e. The first-order valence-electron chi connectivity index (χ1n) is 2.11. The van der Waals surface area contributed by atoms with E-state index in [0.29, 0.717) is 0 Å². The third kappa shape index (κ3) is 2.31. The quantitative estimate of drug-likeness (QED) is 0.443. The number of Topliss-reactive ketones (excluding diaryl/α,β-unsaturated/α-hetero) is 1. The molecular weight excluding hydrogens is 92.1 g/mol. The number of carbonyl (C=O) groups is 1. The molecule has 0 saturated heterocycles. The maximum Gasteiger partial charge on any atom is 0.160 e. The first-order chi connectivity index (χ1) is 3.18. The Bertz CT molecular complexity index is 72.1. The van der Waals surface area contributed by atoms with Gasteiger partial charge in [-0.1, -0.05) is 0 Å². The molecule has 0 radical (unpaired) electrons. The van der Waals surface area contributed by atoms with E-state index in [1.54, 1.807) is 7.05 Å². The molecule has 0 aliphatic heterocycles. The molecule has 1 atom stereocenters. The number of ketones is 1. The van der Waals surface area contributed by atoms with Crippen molar-refractivity contribution in [2.45, 2.75) is 13.1 Å². The van der Waals surface area contributed by atoms with Crippen molar-refractivity contribution in [3.05, 3.63) is 0 Å². The minimum Gasteiger partial charge on any atom is -0.310 e. The van der Waals surface area contributed by atoms with E-state index in [0.717, 1.165) is 0 Å². The van der Waals surface area contributed by atoms with E-state index in [1.165, 1.54) is 6.92 Å². The van der Waals surface area contributed by atoms with Crippen LogP contribution < -0.4 is 11.1 Å². The van der Waals surface area contributed by atoms with Gasteiger partial charge in [-0.15, -0.1) is 0 Å². The Morgan fingerprint density at radius 1 is 1.86 bits per heavy atom. The Balaban J connectivity index is 3.34. The summed E-state index contributed by atoms with van der Waals surface area (Å²) in [7, 11) is 1.64. The van der Waals surface area contributed by atoms with Crippen LogP contribution in [0.2, 0.25) is 0 Å². The minimum atomic E-state index is -0.486. The van der Waals surface area contributed by atoms with Crippen molar-refractivity contribution in [1.29, 1.82) is 0 Å². The van der Waals surface area contributed by atoms with E-state index in [2.05, 4.69) is 5.32 Å². The molecule has 0 aromatic carbocycles. The van der Waals surface area contributed by atoms with Crippen LogP contribution in [0.25, 0.3) is 0 Å². The van der Waals surface area contributed by atoms with E-state index in [4.69, 9.17) is 5.73 Å². The Kier molecular flexibility index (Phi) is 2.55. The molecule has 0 rings (SSSR count). The number of likely N-dealkylation sites (N-methyl/N-ethyl adjacent to an activating group) is 1. The van der Waals surface area contributed by atoms with Gasteiger partial charge in [-0.3, -0.25) is 10.1 Å². The molecular formula is C4H10N2O. The highest BCUT2D eigenvalue weighted by Crippen LogP contribution is 1.68. The molecule has 42 valence electrons. The standard InChI is InChI=1S/C4H10N2O/c1-3(7)4(5)6-2/h4,6H,5H2,1-2H3. The average Bonchev–Trinajstić information content (AvgIpc) is 1.65. The summed E-state index contributed by atoms with van der Waals surface area (Å²) in [6.07, 6.45) is -0.486. The van der Waals surface area contributed by atoms with Gasteiger partial charge in [0.2, 0.25) is 0 Å². The molecule has 0 aromatic heterocycles. The van der Waals surface area contributed by atoms with Gasteiger partial charge in [0.1, 0.15) is 6.17 Å².